The van der Waals surface area contributed by atoms with Crippen LogP contribution in [0, 0.1) is 5.41 Å². The van der Waals surface area contributed by atoms with Gasteiger partial charge in [0.15, 0.2) is 0 Å². The minimum absolute atomic E-state index is 0.0285. The highest BCUT2D eigenvalue weighted by atomic mass is 28.3. The first kappa shape index (κ1) is 21.9. The van der Waals surface area contributed by atoms with Gasteiger partial charge in [-0.2, -0.15) is 0 Å². The summed E-state index contributed by atoms with van der Waals surface area (Å²) in [6, 6.07) is 10.2. The van der Waals surface area contributed by atoms with Crippen LogP contribution in [0.5, 0.6) is 0 Å². The Morgan fingerprint density at radius 2 is 1.93 bits per heavy atom. The Bertz CT molecular complexity index is 608. The van der Waals surface area contributed by atoms with Crippen LogP contribution < -0.4 is 0 Å². The fraction of sp³-hybridized carbons (Fsp3) is 0.609. The van der Waals surface area contributed by atoms with Gasteiger partial charge in [-0.1, -0.05) is 82.2 Å². The average Bonchev–Trinajstić information content (AvgIpc) is 2.88. The summed E-state index contributed by atoms with van der Waals surface area (Å²) in [5.74, 6) is -0.0285. The summed E-state index contributed by atoms with van der Waals surface area (Å²) in [4.78, 5) is 13.1. The van der Waals surface area contributed by atoms with Crippen molar-refractivity contribution in [1.29, 1.82) is 0 Å². The zero-order valence-corrected chi connectivity index (χ0v) is 18.5. The molecule has 1 aromatic rings. The lowest BCUT2D eigenvalue weighted by Crippen LogP contribution is -2.45. The molecule has 1 fully saturated rings. The lowest BCUT2D eigenvalue weighted by molar-refractivity contribution is -0.150. The lowest BCUT2D eigenvalue weighted by Gasteiger charge is -2.39. The van der Waals surface area contributed by atoms with Crippen molar-refractivity contribution in [3.05, 3.63) is 48.6 Å². The average molecular weight is 389 g/mol. The van der Waals surface area contributed by atoms with Crippen LogP contribution in [0.25, 0.3) is 0 Å². The van der Waals surface area contributed by atoms with Crippen LogP contribution in [0.4, 0.5) is 0 Å². The van der Waals surface area contributed by atoms with Crippen molar-refractivity contribution in [1.82, 2.24) is 0 Å². The third-order valence-electron chi connectivity index (χ3n) is 5.69. The fourth-order valence-electron chi connectivity index (χ4n) is 4.71. The monoisotopic (exact) mass is 388 g/mol. The van der Waals surface area contributed by atoms with Gasteiger partial charge in [-0.05, 0) is 18.4 Å². The predicted molar refractivity (Wildman–Crippen MR) is 114 cm³/mol. The van der Waals surface area contributed by atoms with Gasteiger partial charge in [-0.25, -0.2) is 0 Å². The van der Waals surface area contributed by atoms with Gasteiger partial charge in [0.05, 0.1) is 26.7 Å². The number of hydrogen-bond acceptors (Lipinski definition) is 3. The fourth-order valence-corrected chi connectivity index (χ4v) is 8.03. The molecular weight excluding hydrogens is 352 g/mol. The van der Waals surface area contributed by atoms with Crippen molar-refractivity contribution in [2.24, 2.45) is 5.41 Å². The number of carbonyl (C=O) groups is 1. The van der Waals surface area contributed by atoms with E-state index in [-0.39, 0.29) is 17.6 Å². The first-order chi connectivity index (χ1) is 12.8. The maximum atomic E-state index is 13.1. The quantitative estimate of drug-likeness (QED) is 0.202. The Morgan fingerprint density at radius 3 is 2.52 bits per heavy atom. The van der Waals surface area contributed by atoms with Crippen molar-refractivity contribution in [3.8, 4) is 0 Å². The van der Waals surface area contributed by atoms with E-state index in [4.69, 9.17) is 9.47 Å². The third-order valence-corrected chi connectivity index (χ3v) is 8.48. The Balaban J connectivity index is 2.16. The van der Waals surface area contributed by atoms with Gasteiger partial charge < -0.3 is 9.47 Å². The molecule has 0 N–H and O–H groups in total. The lowest BCUT2D eigenvalue weighted by atomic mass is 9.76. The number of ether oxygens (including phenoxy) is 2. The third kappa shape index (κ3) is 5.32. The second-order valence-corrected chi connectivity index (χ2v) is 14.2. The van der Waals surface area contributed by atoms with Crippen molar-refractivity contribution < 1.29 is 14.3 Å². The minimum Gasteiger partial charge on any atom is -0.459 e. The van der Waals surface area contributed by atoms with Gasteiger partial charge in [0.1, 0.15) is 6.10 Å². The molecule has 4 heteroatoms. The molecular formula is C23H36O3Si. The minimum atomic E-state index is -1.66. The van der Waals surface area contributed by atoms with Crippen LogP contribution in [0.2, 0.25) is 25.2 Å². The summed E-state index contributed by atoms with van der Waals surface area (Å²) in [6.07, 6.45) is 6.75. The number of hydrogen-bond donors (Lipinski definition) is 0. The van der Waals surface area contributed by atoms with Crippen LogP contribution in [0.1, 0.15) is 44.6 Å². The second-order valence-electron chi connectivity index (χ2n) is 8.89. The maximum Gasteiger partial charge on any atom is 0.312 e. The number of esters is 1. The van der Waals surface area contributed by atoms with Crippen molar-refractivity contribution in [3.63, 3.8) is 0 Å². The molecule has 0 amide bonds. The molecule has 2 rings (SSSR count). The Kier molecular flexibility index (Phi) is 7.87. The first-order valence-corrected chi connectivity index (χ1v) is 13.9. The van der Waals surface area contributed by atoms with Gasteiger partial charge in [-0.15, -0.1) is 6.58 Å². The molecule has 0 saturated carbocycles. The molecule has 3 nitrogen and oxygen atoms in total. The van der Waals surface area contributed by atoms with Crippen LogP contribution in [-0.2, 0) is 20.9 Å². The highest BCUT2D eigenvalue weighted by Gasteiger charge is 2.60. The summed E-state index contributed by atoms with van der Waals surface area (Å²) in [5.41, 5.74) is 0.983. The van der Waals surface area contributed by atoms with Gasteiger partial charge in [0.25, 0.3) is 0 Å². The van der Waals surface area contributed by atoms with Crippen molar-refractivity contribution >= 4 is 14.0 Å². The number of rotatable bonds is 11. The smallest absolute Gasteiger partial charge is 0.312 e. The van der Waals surface area contributed by atoms with E-state index in [0.717, 1.165) is 31.2 Å². The molecule has 150 valence electrons. The largest absolute Gasteiger partial charge is 0.459 e. The highest BCUT2D eigenvalue weighted by molar-refractivity contribution is 6.78. The number of carbonyl (C=O) groups excluding carboxylic acids is 1. The molecule has 0 aromatic heterocycles. The van der Waals surface area contributed by atoms with E-state index in [0.29, 0.717) is 19.6 Å². The number of cyclic esters (lactones) is 1. The van der Waals surface area contributed by atoms with E-state index in [2.05, 4.69) is 45.3 Å². The molecule has 3 atom stereocenters. The van der Waals surface area contributed by atoms with E-state index < -0.39 is 13.5 Å². The molecule has 1 saturated heterocycles. The predicted octanol–water partition coefficient (Wildman–Crippen LogP) is 5.98. The summed E-state index contributed by atoms with van der Waals surface area (Å²) < 4.78 is 12.0. The van der Waals surface area contributed by atoms with E-state index >= 15 is 0 Å². The standard InChI is InChI=1S/C23H36O3Si/c1-6-8-12-16-23(15-7-2)21(27(3,4)5)20(26-22(23)24)18-25-17-19-13-10-9-11-14-19/h7,9-11,13-14,20-21H,2,6,8,12,15-18H2,1,3-5H3/t20-,21+,23+/m0/s1. The number of benzene rings is 1. The normalized spacial score (nSPS) is 25.4. The molecule has 0 unspecified atom stereocenters. The Labute approximate surface area is 166 Å². The van der Waals surface area contributed by atoms with E-state index in [1.54, 1.807) is 0 Å². The van der Waals surface area contributed by atoms with E-state index in [1.807, 2.05) is 24.3 Å². The zero-order chi connectivity index (χ0) is 19.9. The Hall–Kier alpha value is -1.39. The van der Waals surface area contributed by atoms with Crippen LogP contribution in [-0.4, -0.2) is 26.8 Å². The molecule has 1 aliphatic heterocycles. The molecule has 0 radical (unpaired) electrons. The first-order valence-electron chi connectivity index (χ1n) is 10.3. The van der Waals surface area contributed by atoms with E-state index in [1.165, 1.54) is 0 Å². The zero-order valence-electron chi connectivity index (χ0n) is 17.5. The maximum absolute atomic E-state index is 13.1. The van der Waals surface area contributed by atoms with Gasteiger partial charge in [0, 0.05) is 5.54 Å². The Morgan fingerprint density at radius 1 is 1.22 bits per heavy atom. The van der Waals surface area contributed by atoms with Crippen LogP contribution in [0.15, 0.2) is 43.0 Å². The molecule has 1 aromatic carbocycles. The topological polar surface area (TPSA) is 35.5 Å². The van der Waals surface area contributed by atoms with Crippen LogP contribution >= 0.6 is 0 Å². The highest BCUT2D eigenvalue weighted by Crippen LogP contribution is 2.55. The van der Waals surface area contributed by atoms with Gasteiger partial charge in [0.2, 0.25) is 0 Å². The van der Waals surface area contributed by atoms with E-state index in [9.17, 15) is 4.79 Å². The summed E-state index contributed by atoms with van der Waals surface area (Å²) in [7, 11) is -1.66. The van der Waals surface area contributed by atoms with Crippen LogP contribution in [0.3, 0.4) is 0 Å². The summed E-state index contributed by atoms with van der Waals surface area (Å²) >= 11 is 0. The number of allylic oxidation sites excluding steroid dienone is 1. The number of unbranched alkanes of at least 4 members (excludes halogenated alkanes) is 2. The summed E-state index contributed by atoms with van der Waals surface area (Å²) in [6.45, 7) is 14.2. The van der Waals surface area contributed by atoms with Crippen molar-refractivity contribution in [2.45, 2.75) is 76.9 Å². The van der Waals surface area contributed by atoms with Gasteiger partial charge >= 0.3 is 5.97 Å². The molecule has 1 aliphatic rings. The van der Waals surface area contributed by atoms with Crippen molar-refractivity contribution in [2.75, 3.05) is 6.61 Å². The second kappa shape index (κ2) is 9.70. The molecule has 1 heterocycles. The molecule has 27 heavy (non-hydrogen) atoms. The molecule has 0 aliphatic carbocycles. The van der Waals surface area contributed by atoms with Gasteiger partial charge in [-0.3, -0.25) is 4.79 Å². The SMILES string of the molecule is C=CC[C@]1(CCCCC)C(=O)O[C@@H](COCc2ccccc2)[C@H]1[Si](C)(C)C. The summed E-state index contributed by atoms with van der Waals surface area (Å²) in [5, 5.41) is 0. The molecule has 0 spiro atoms. The molecule has 0 bridgehead atoms.